The van der Waals surface area contributed by atoms with Crippen molar-refractivity contribution in [2.24, 2.45) is 0 Å². The largest absolute Gasteiger partial charge is 0.361 e. The lowest BCUT2D eigenvalue weighted by Gasteiger charge is -2.32. The van der Waals surface area contributed by atoms with Crippen molar-refractivity contribution >= 4 is 10.9 Å². The van der Waals surface area contributed by atoms with Gasteiger partial charge < -0.3 is 9.88 Å². The van der Waals surface area contributed by atoms with E-state index in [1.807, 2.05) is 0 Å². The number of piperidine rings is 1. The van der Waals surface area contributed by atoms with E-state index >= 15 is 0 Å². The van der Waals surface area contributed by atoms with Gasteiger partial charge in [-0.05, 0) is 93.0 Å². The second kappa shape index (κ2) is 8.73. The number of hydrogen-bond donors (Lipinski definition) is 1. The predicted octanol–water partition coefficient (Wildman–Crippen LogP) is 5.19. The fourth-order valence-electron chi connectivity index (χ4n) is 5.21. The van der Waals surface area contributed by atoms with Crippen LogP contribution in [-0.4, -0.2) is 47.5 Å². The van der Waals surface area contributed by atoms with E-state index in [1.165, 1.54) is 86.9 Å². The first-order chi connectivity index (χ1) is 14.3. The van der Waals surface area contributed by atoms with Crippen LogP contribution in [0.2, 0.25) is 0 Å². The van der Waals surface area contributed by atoms with Crippen molar-refractivity contribution in [3.8, 4) is 0 Å². The van der Waals surface area contributed by atoms with Crippen LogP contribution in [0.1, 0.15) is 48.3 Å². The highest BCUT2D eigenvalue weighted by Gasteiger charge is 2.21. The summed E-state index contributed by atoms with van der Waals surface area (Å²) in [5, 5.41) is 1.45. The van der Waals surface area contributed by atoms with Crippen molar-refractivity contribution in [2.45, 2.75) is 44.6 Å². The van der Waals surface area contributed by atoms with Gasteiger partial charge in [0.15, 0.2) is 0 Å². The summed E-state index contributed by atoms with van der Waals surface area (Å²) in [7, 11) is 0. The number of H-pyrrole nitrogens is 1. The number of fused-ring (bicyclic) bond motifs is 1. The number of aromatic amines is 1. The van der Waals surface area contributed by atoms with E-state index in [0.29, 0.717) is 5.92 Å². The van der Waals surface area contributed by atoms with Gasteiger partial charge in [0.2, 0.25) is 0 Å². The molecule has 3 heterocycles. The molecule has 2 aliphatic heterocycles. The molecule has 0 aliphatic carbocycles. The lowest BCUT2D eigenvalue weighted by Crippen LogP contribution is -2.32. The third-order valence-electron chi connectivity index (χ3n) is 7.00. The quantitative estimate of drug-likeness (QED) is 0.629. The van der Waals surface area contributed by atoms with E-state index in [4.69, 9.17) is 0 Å². The zero-order valence-corrected chi connectivity index (χ0v) is 17.4. The van der Waals surface area contributed by atoms with E-state index in [0.717, 1.165) is 6.54 Å². The first kappa shape index (κ1) is 18.9. The molecule has 0 atom stereocenters. The highest BCUT2D eigenvalue weighted by Crippen LogP contribution is 2.31. The molecule has 5 rings (SSSR count). The Morgan fingerprint density at radius 1 is 0.862 bits per heavy atom. The number of rotatable bonds is 6. The molecule has 29 heavy (non-hydrogen) atoms. The molecule has 0 saturated carbocycles. The van der Waals surface area contributed by atoms with Crippen LogP contribution in [0.15, 0.2) is 54.7 Å². The van der Waals surface area contributed by atoms with Gasteiger partial charge in [0.25, 0.3) is 0 Å². The molecule has 1 N–H and O–H groups in total. The van der Waals surface area contributed by atoms with Crippen molar-refractivity contribution in [3.63, 3.8) is 0 Å². The fraction of sp³-hybridized carbons (Fsp3) is 0.462. The van der Waals surface area contributed by atoms with Crippen molar-refractivity contribution in [3.05, 3.63) is 71.4 Å². The van der Waals surface area contributed by atoms with Crippen LogP contribution in [0.5, 0.6) is 0 Å². The van der Waals surface area contributed by atoms with Crippen LogP contribution >= 0.6 is 0 Å². The highest BCUT2D eigenvalue weighted by atomic mass is 15.1. The molecule has 3 aromatic rings. The van der Waals surface area contributed by atoms with Crippen LogP contribution in [0.3, 0.4) is 0 Å². The highest BCUT2D eigenvalue weighted by molar-refractivity contribution is 5.84. The Morgan fingerprint density at radius 2 is 1.66 bits per heavy atom. The van der Waals surface area contributed by atoms with E-state index in [1.54, 1.807) is 5.56 Å². The van der Waals surface area contributed by atoms with Crippen molar-refractivity contribution in [1.29, 1.82) is 0 Å². The SMILES string of the molecule is c1ccc(CN2CCC(c3ccc4[nH]cc(CCN5CCCC5)c4c3)CC2)cc1. The van der Waals surface area contributed by atoms with E-state index in [-0.39, 0.29) is 0 Å². The topological polar surface area (TPSA) is 22.3 Å². The summed E-state index contributed by atoms with van der Waals surface area (Å²) in [5.41, 5.74) is 5.77. The summed E-state index contributed by atoms with van der Waals surface area (Å²) < 4.78 is 0. The second-order valence-electron chi connectivity index (χ2n) is 8.95. The molecule has 0 amide bonds. The van der Waals surface area contributed by atoms with Crippen molar-refractivity contribution in [1.82, 2.24) is 14.8 Å². The Kier molecular flexibility index (Phi) is 5.69. The number of nitrogens with one attached hydrogen (secondary N) is 1. The number of hydrogen-bond acceptors (Lipinski definition) is 2. The lowest BCUT2D eigenvalue weighted by atomic mass is 9.88. The minimum absolute atomic E-state index is 0.702. The molecule has 1 aromatic heterocycles. The van der Waals surface area contributed by atoms with Gasteiger partial charge in [-0.3, -0.25) is 4.90 Å². The van der Waals surface area contributed by atoms with Gasteiger partial charge in [-0.25, -0.2) is 0 Å². The van der Waals surface area contributed by atoms with Crippen LogP contribution < -0.4 is 0 Å². The predicted molar refractivity (Wildman–Crippen MR) is 121 cm³/mol. The smallest absolute Gasteiger partial charge is 0.0456 e. The number of likely N-dealkylation sites (tertiary alicyclic amines) is 2. The third-order valence-corrected chi connectivity index (χ3v) is 7.00. The van der Waals surface area contributed by atoms with Crippen molar-refractivity contribution in [2.75, 3.05) is 32.7 Å². The van der Waals surface area contributed by atoms with Crippen LogP contribution in [0.4, 0.5) is 0 Å². The number of benzene rings is 2. The average Bonchev–Trinajstić information content (AvgIpc) is 3.43. The minimum atomic E-state index is 0.702. The molecule has 2 aromatic carbocycles. The molecule has 3 nitrogen and oxygen atoms in total. The van der Waals surface area contributed by atoms with Gasteiger partial charge in [-0.2, -0.15) is 0 Å². The zero-order valence-electron chi connectivity index (χ0n) is 17.4. The van der Waals surface area contributed by atoms with Gasteiger partial charge >= 0.3 is 0 Å². The number of aromatic nitrogens is 1. The lowest BCUT2D eigenvalue weighted by molar-refractivity contribution is 0.204. The molecule has 0 bridgehead atoms. The summed E-state index contributed by atoms with van der Waals surface area (Å²) in [6.07, 6.45) is 8.70. The van der Waals surface area contributed by atoms with E-state index in [9.17, 15) is 0 Å². The normalized spacial score (nSPS) is 19.3. The summed E-state index contributed by atoms with van der Waals surface area (Å²) in [6, 6.07) is 18.0. The van der Waals surface area contributed by atoms with Gasteiger partial charge in [0.1, 0.15) is 0 Å². The third kappa shape index (κ3) is 4.41. The Balaban J connectivity index is 1.23. The van der Waals surface area contributed by atoms with E-state index in [2.05, 4.69) is 69.5 Å². The first-order valence-corrected chi connectivity index (χ1v) is 11.4. The Morgan fingerprint density at radius 3 is 2.45 bits per heavy atom. The first-order valence-electron chi connectivity index (χ1n) is 11.4. The molecule has 2 fully saturated rings. The average molecular weight is 388 g/mol. The van der Waals surface area contributed by atoms with Gasteiger partial charge in [0, 0.05) is 30.2 Å². The molecule has 2 saturated heterocycles. The fourth-order valence-corrected chi connectivity index (χ4v) is 5.21. The second-order valence-corrected chi connectivity index (χ2v) is 8.95. The van der Waals surface area contributed by atoms with Gasteiger partial charge in [-0.1, -0.05) is 36.4 Å². The molecular weight excluding hydrogens is 354 g/mol. The summed E-state index contributed by atoms with van der Waals surface area (Å²) in [4.78, 5) is 8.73. The van der Waals surface area contributed by atoms with Crippen molar-refractivity contribution < 1.29 is 0 Å². The Labute approximate surface area is 174 Å². The zero-order chi connectivity index (χ0) is 19.5. The Bertz CT molecular complexity index is 916. The molecule has 0 spiro atoms. The summed E-state index contributed by atoms with van der Waals surface area (Å²) in [6.45, 7) is 7.27. The van der Waals surface area contributed by atoms with Gasteiger partial charge in [0.05, 0.1) is 0 Å². The summed E-state index contributed by atoms with van der Waals surface area (Å²) in [5.74, 6) is 0.702. The molecule has 152 valence electrons. The van der Waals surface area contributed by atoms with Gasteiger partial charge in [-0.15, -0.1) is 0 Å². The number of nitrogens with zero attached hydrogens (tertiary/aromatic N) is 2. The van der Waals surface area contributed by atoms with Crippen LogP contribution in [0, 0.1) is 0 Å². The molecule has 0 unspecified atom stereocenters. The molecule has 3 heteroatoms. The Hall–Kier alpha value is -2.10. The van der Waals surface area contributed by atoms with Crippen LogP contribution in [-0.2, 0) is 13.0 Å². The standard InChI is InChI=1S/C26H33N3/c1-2-6-21(7-3-1)20-29-16-10-22(11-17-29)23-8-9-26-25(18-23)24(19-27-26)12-15-28-13-4-5-14-28/h1-3,6-9,18-19,22,27H,4-5,10-17,20H2. The minimum Gasteiger partial charge on any atom is -0.361 e. The summed E-state index contributed by atoms with van der Waals surface area (Å²) >= 11 is 0. The molecule has 2 aliphatic rings. The van der Waals surface area contributed by atoms with Crippen LogP contribution in [0.25, 0.3) is 10.9 Å². The maximum Gasteiger partial charge on any atom is 0.0456 e. The maximum atomic E-state index is 3.50. The molecule has 0 radical (unpaired) electrons. The van der Waals surface area contributed by atoms with E-state index < -0.39 is 0 Å². The molecular formula is C26H33N3. The maximum absolute atomic E-state index is 3.50. The monoisotopic (exact) mass is 387 g/mol.